The van der Waals surface area contributed by atoms with Crippen molar-refractivity contribution in [3.05, 3.63) is 20.8 Å². The van der Waals surface area contributed by atoms with Crippen molar-refractivity contribution in [1.82, 2.24) is 4.90 Å². The zero-order valence-electron chi connectivity index (χ0n) is 9.66. The lowest BCUT2D eigenvalue weighted by molar-refractivity contribution is 0.0709. The fourth-order valence-electron chi connectivity index (χ4n) is 2.26. The maximum atomic E-state index is 12.3. The summed E-state index contributed by atoms with van der Waals surface area (Å²) in [7, 11) is 1.92. The van der Waals surface area contributed by atoms with E-state index in [-0.39, 0.29) is 5.91 Å². The number of alkyl halides is 1. The predicted octanol–water partition coefficient (Wildman–Crippen LogP) is 4.29. The van der Waals surface area contributed by atoms with Gasteiger partial charge in [0.05, 0.1) is 8.66 Å². The van der Waals surface area contributed by atoms with Crippen LogP contribution in [0.3, 0.4) is 0 Å². The van der Waals surface area contributed by atoms with Crippen molar-refractivity contribution in [2.45, 2.75) is 36.6 Å². The van der Waals surface area contributed by atoms with Crippen LogP contribution in [-0.4, -0.2) is 28.7 Å². The van der Waals surface area contributed by atoms with Gasteiger partial charge in [-0.1, -0.05) is 28.8 Å². The molecule has 0 bridgehead atoms. The number of thiophene rings is 1. The highest BCUT2D eigenvalue weighted by Gasteiger charge is 2.29. The van der Waals surface area contributed by atoms with Crippen LogP contribution in [-0.2, 0) is 0 Å². The van der Waals surface area contributed by atoms with Crippen LogP contribution in [0.15, 0.2) is 15.9 Å². The molecule has 17 heavy (non-hydrogen) atoms. The molecule has 1 aliphatic rings. The van der Waals surface area contributed by atoms with Crippen molar-refractivity contribution in [3.63, 3.8) is 0 Å². The third kappa shape index (κ3) is 3.12. The van der Waals surface area contributed by atoms with Crippen LogP contribution in [0.5, 0.6) is 0 Å². The number of carbonyl (C=O) groups is 1. The quantitative estimate of drug-likeness (QED) is 0.701. The number of rotatable bonds is 2. The van der Waals surface area contributed by atoms with E-state index >= 15 is 0 Å². The molecule has 94 valence electrons. The monoisotopic (exact) mass is 379 g/mol. The van der Waals surface area contributed by atoms with Crippen molar-refractivity contribution >= 4 is 49.1 Å². The van der Waals surface area contributed by atoms with E-state index in [4.69, 9.17) is 0 Å². The first-order chi connectivity index (χ1) is 8.09. The molecule has 1 fully saturated rings. The second-order valence-electron chi connectivity index (χ2n) is 4.39. The van der Waals surface area contributed by atoms with Gasteiger partial charge in [-0.25, -0.2) is 0 Å². The smallest absolute Gasteiger partial charge is 0.263 e. The van der Waals surface area contributed by atoms with Crippen molar-refractivity contribution in [3.8, 4) is 0 Å². The molecule has 0 radical (unpaired) electrons. The molecule has 0 aliphatic heterocycles. The summed E-state index contributed by atoms with van der Waals surface area (Å²) in [4.78, 5) is 15.4. The van der Waals surface area contributed by atoms with Gasteiger partial charge in [0.15, 0.2) is 0 Å². The molecule has 0 spiro atoms. The maximum Gasteiger partial charge on any atom is 0.263 e. The molecule has 1 aliphatic carbocycles. The van der Waals surface area contributed by atoms with Crippen LogP contribution < -0.4 is 0 Å². The van der Waals surface area contributed by atoms with Gasteiger partial charge in [-0.15, -0.1) is 11.3 Å². The Kier molecular flexibility index (Phi) is 4.66. The fourth-order valence-corrected chi connectivity index (χ4v) is 4.57. The van der Waals surface area contributed by atoms with E-state index < -0.39 is 0 Å². The van der Waals surface area contributed by atoms with Crippen LogP contribution in [0.1, 0.15) is 35.4 Å². The standard InChI is InChI=1S/C12H15Br2NOS/c1-15(9-5-3-2-4-8(9)13)12(16)10-6-7-11(14)17-10/h6-9H,2-5H2,1H3. The topological polar surface area (TPSA) is 20.3 Å². The van der Waals surface area contributed by atoms with Crippen LogP contribution >= 0.6 is 43.2 Å². The van der Waals surface area contributed by atoms with E-state index in [1.165, 1.54) is 24.2 Å². The molecular formula is C12H15Br2NOS. The van der Waals surface area contributed by atoms with Gasteiger partial charge >= 0.3 is 0 Å². The molecule has 2 rings (SSSR count). The molecule has 1 amide bonds. The summed E-state index contributed by atoms with van der Waals surface area (Å²) < 4.78 is 1.01. The first-order valence-corrected chi connectivity index (χ1v) is 8.28. The van der Waals surface area contributed by atoms with Crippen LogP contribution in [0, 0.1) is 0 Å². The molecule has 5 heteroatoms. The first kappa shape index (κ1) is 13.6. The van der Waals surface area contributed by atoms with Gasteiger partial charge in [0, 0.05) is 17.9 Å². The van der Waals surface area contributed by atoms with Crippen molar-refractivity contribution in [2.75, 3.05) is 7.05 Å². The molecule has 0 aromatic carbocycles. The van der Waals surface area contributed by atoms with E-state index in [1.54, 1.807) is 0 Å². The number of amides is 1. The summed E-state index contributed by atoms with van der Waals surface area (Å²) in [5.74, 6) is 0.136. The molecule has 1 saturated carbocycles. The highest BCUT2D eigenvalue weighted by Crippen LogP contribution is 2.30. The molecule has 0 saturated heterocycles. The molecule has 1 aromatic heterocycles. The van der Waals surface area contributed by atoms with Crippen LogP contribution in [0.4, 0.5) is 0 Å². The minimum Gasteiger partial charge on any atom is -0.337 e. The number of hydrogen-bond acceptors (Lipinski definition) is 2. The van der Waals surface area contributed by atoms with E-state index in [0.29, 0.717) is 10.9 Å². The second kappa shape index (κ2) is 5.85. The van der Waals surface area contributed by atoms with Gasteiger partial charge in [0.2, 0.25) is 0 Å². The number of carbonyl (C=O) groups excluding carboxylic acids is 1. The van der Waals surface area contributed by atoms with Gasteiger partial charge in [-0.05, 0) is 40.9 Å². The van der Waals surface area contributed by atoms with Crippen molar-refractivity contribution in [1.29, 1.82) is 0 Å². The van der Waals surface area contributed by atoms with E-state index in [9.17, 15) is 4.79 Å². The third-order valence-electron chi connectivity index (χ3n) is 3.25. The van der Waals surface area contributed by atoms with Crippen LogP contribution in [0.25, 0.3) is 0 Å². The Labute approximate surface area is 123 Å². The lowest BCUT2D eigenvalue weighted by Crippen LogP contribution is -2.43. The van der Waals surface area contributed by atoms with Gasteiger partial charge in [0.1, 0.15) is 0 Å². The molecule has 2 atom stereocenters. The van der Waals surface area contributed by atoms with Crippen molar-refractivity contribution < 1.29 is 4.79 Å². The second-order valence-corrected chi connectivity index (χ2v) is 8.03. The highest BCUT2D eigenvalue weighted by molar-refractivity contribution is 9.11. The van der Waals surface area contributed by atoms with Crippen LogP contribution in [0.2, 0.25) is 0 Å². The van der Waals surface area contributed by atoms with Crippen molar-refractivity contribution in [2.24, 2.45) is 0 Å². The predicted molar refractivity (Wildman–Crippen MR) is 79.1 cm³/mol. The molecular weight excluding hydrogens is 366 g/mol. The highest BCUT2D eigenvalue weighted by atomic mass is 79.9. The third-order valence-corrected chi connectivity index (χ3v) is 5.93. The lowest BCUT2D eigenvalue weighted by Gasteiger charge is -2.34. The Morgan fingerprint density at radius 1 is 1.41 bits per heavy atom. The summed E-state index contributed by atoms with van der Waals surface area (Å²) in [5.41, 5.74) is 0. The largest absolute Gasteiger partial charge is 0.337 e. The van der Waals surface area contributed by atoms with Gasteiger partial charge in [-0.2, -0.15) is 0 Å². The fraction of sp³-hybridized carbons (Fsp3) is 0.583. The Bertz CT molecular complexity index is 407. The molecule has 1 heterocycles. The molecule has 1 aromatic rings. The zero-order valence-corrected chi connectivity index (χ0v) is 13.6. The minimum atomic E-state index is 0.136. The SMILES string of the molecule is CN(C(=O)c1ccc(Br)s1)C1CCCCC1Br. The van der Waals surface area contributed by atoms with E-state index in [2.05, 4.69) is 31.9 Å². The average Bonchev–Trinajstić information content (AvgIpc) is 2.75. The lowest BCUT2D eigenvalue weighted by atomic mass is 9.94. The van der Waals surface area contributed by atoms with Gasteiger partial charge in [-0.3, -0.25) is 4.79 Å². The zero-order chi connectivity index (χ0) is 12.4. The van der Waals surface area contributed by atoms with E-state index in [0.717, 1.165) is 21.5 Å². The minimum absolute atomic E-state index is 0.136. The Morgan fingerprint density at radius 2 is 2.12 bits per heavy atom. The molecule has 2 nitrogen and oxygen atoms in total. The Morgan fingerprint density at radius 3 is 2.71 bits per heavy atom. The normalized spacial score (nSPS) is 24.6. The van der Waals surface area contributed by atoms with E-state index in [1.807, 2.05) is 24.1 Å². The Hall–Kier alpha value is 0.130. The molecule has 2 unspecified atom stereocenters. The average molecular weight is 381 g/mol. The number of hydrogen-bond donors (Lipinski definition) is 0. The number of nitrogens with zero attached hydrogens (tertiary/aromatic N) is 1. The van der Waals surface area contributed by atoms with Gasteiger partial charge < -0.3 is 4.90 Å². The summed E-state index contributed by atoms with van der Waals surface area (Å²) in [6, 6.07) is 4.15. The maximum absolute atomic E-state index is 12.3. The summed E-state index contributed by atoms with van der Waals surface area (Å²) >= 11 is 8.60. The first-order valence-electron chi connectivity index (χ1n) is 5.76. The molecule has 0 N–H and O–H groups in total. The summed E-state index contributed by atoms with van der Waals surface area (Å²) in [5, 5.41) is 0. The Balaban J connectivity index is 2.08. The van der Waals surface area contributed by atoms with Gasteiger partial charge in [0.25, 0.3) is 5.91 Å². The summed E-state index contributed by atoms with van der Waals surface area (Å²) in [6.07, 6.45) is 4.75. The number of halogens is 2. The summed E-state index contributed by atoms with van der Waals surface area (Å²) in [6.45, 7) is 0.